The molecule has 0 fully saturated rings. The molecule has 320 valence electrons. The summed E-state index contributed by atoms with van der Waals surface area (Å²) in [5, 5.41) is 4.63. The number of rotatable bonds is 8. The first-order valence-electron chi connectivity index (χ1n) is 23.5. The van der Waals surface area contributed by atoms with Gasteiger partial charge in [-0.1, -0.05) is 218 Å². The van der Waals surface area contributed by atoms with Gasteiger partial charge in [-0.2, -0.15) is 0 Å². The zero-order valence-electron chi connectivity index (χ0n) is 37.6. The van der Waals surface area contributed by atoms with E-state index in [2.05, 4.69) is 261 Å². The molecular weight excluding hydrogens is 823 g/mol. The summed E-state index contributed by atoms with van der Waals surface area (Å²) in [6.45, 7) is 2.40. The van der Waals surface area contributed by atoms with Gasteiger partial charge in [-0.3, -0.25) is 0 Å². The van der Waals surface area contributed by atoms with Gasteiger partial charge >= 0.3 is 0 Å². The minimum Gasteiger partial charge on any atom is -0.456 e. The van der Waals surface area contributed by atoms with E-state index < -0.39 is 0 Å². The van der Waals surface area contributed by atoms with Crippen molar-refractivity contribution >= 4 is 49.8 Å². The lowest BCUT2D eigenvalue weighted by molar-refractivity contribution is 0.669. The molecule has 0 radical (unpaired) electrons. The minimum atomic E-state index is -0.339. The van der Waals surface area contributed by atoms with Crippen LogP contribution in [-0.4, -0.2) is 0 Å². The summed E-state index contributed by atoms with van der Waals surface area (Å²) in [5.74, 6) is 0. The molecule has 1 aromatic heterocycles. The van der Waals surface area contributed by atoms with Crippen molar-refractivity contribution in [1.82, 2.24) is 0 Å². The summed E-state index contributed by atoms with van der Waals surface area (Å²) >= 11 is 0. The Morgan fingerprint density at radius 2 is 0.824 bits per heavy atom. The predicted octanol–water partition coefficient (Wildman–Crippen LogP) is 18.2. The van der Waals surface area contributed by atoms with Crippen LogP contribution in [0, 0.1) is 0 Å². The molecule has 11 aromatic carbocycles. The molecule has 1 unspecified atom stereocenters. The zero-order valence-corrected chi connectivity index (χ0v) is 37.6. The number of para-hydroxylation sites is 4. The molecule has 12 aromatic rings. The van der Waals surface area contributed by atoms with Crippen molar-refractivity contribution in [3.63, 3.8) is 0 Å². The fourth-order valence-electron chi connectivity index (χ4n) is 11.3. The smallest absolute Gasteiger partial charge is 0.136 e. The first-order valence-corrected chi connectivity index (χ1v) is 23.5. The van der Waals surface area contributed by atoms with Gasteiger partial charge in [0.1, 0.15) is 11.2 Å². The number of fused-ring (bicyclic) bond motifs is 7. The van der Waals surface area contributed by atoms with Crippen LogP contribution in [0.3, 0.4) is 0 Å². The largest absolute Gasteiger partial charge is 0.456 e. The van der Waals surface area contributed by atoms with Crippen LogP contribution in [0.5, 0.6) is 0 Å². The Labute approximate surface area is 396 Å². The second-order valence-corrected chi connectivity index (χ2v) is 18.0. The summed E-state index contributed by atoms with van der Waals surface area (Å²) in [4.78, 5) is 2.52. The molecule has 13 rings (SSSR count). The highest BCUT2D eigenvalue weighted by atomic mass is 16.3. The van der Waals surface area contributed by atoms with E-state index in [9.17, 15) is 0 Å². The van der Waals surface area contributed by atoms with E-state index >= 15 is 0 Å². The van der Waals surface area contributed by atoms with Crippen LogP contribution in [0.2, 0.25) is 0 Å². The number of anilines is 3. The molecule has 2 nitrogen and oxygen atoms in total. The third-order valence-corrected chi connectivity index (χ3v) is 14.4. The molecule has 0 N–H and O–H groups in total. The van der Waals surface area contributed by atoms with Crippen molar-refractivity contribution in [3.8, 4) is 55.6 Å². The van der Waals surface area contributed by atoms with Gasteiger partial charge in [-0.15, -0.1) is 0 Å². The molecule has 68 heavy (non-hydrogen) atoms. The van der Waals surface area contributed by atoms with Crippen LogP contribution in [0.4, 0.5) is 17.1 Å². The lowest BCUT2D eigenvalue weighted by atomic mass is 9.74. The highest BCUT2D eigenvalue weighted by molar-refractivity contribution is 6.15. The maximum Gasteiger partial charge on any atom is 0.136 e. The van der Waals surface area contributed by atoms with Crippen molar-refractivity contribution in [1.29, 1.82) is 0 Å². The van der Waals surface area contributed by atoms with E-state index in [-0.39, 0.29) is 5.41 Å². The van der Waals surface area contributed by atoms with Crippen LogP contribution >= 0.6 is 0 Å². The van der Waals surface area contributed by atoms with E-state index in [1.807, 2.05) is 6.07 Å². The van der Waals surface area contributed by atoms with Gasteiger partial charge in [0.05, 0.1) is 17.1 Å². The van der Waals surface area contributed by atoms with Crippen molar-refractivity contribution in [2.75, 3.05) is 4.90 Å². The third-order valence-electron chi connectivity index (χ3n) is 14.4. The molecule has 0 bridgehead atoms. The molecule has 0 saturated carbocycles. The van der Waals surface area contributed by atoms with E-state index in [4.69, 9.17) is 4.42 Å². The average Bonchev–Trinajstić information content (AvgIpc) is 3.92. The topological polar surface area (TPSA) is 16.4 Å². The highest BCUT2D eigenvalue weighted by Crippen LogP contribution is 2.55. The SMILES string of the molecule is CC1(c2ccccc2)c2ccccc2-c2ccc(-c3ccccc3N(c3ccccc3-c3cccc4cccc(-c5ccccc5)c34)c3ccccc3-c3cccc4oc5ccccc5c34)cc21. The monoisotopic (exact) mass is 867 g/mol. The van der Waals surface area contributed by atoms with Crippen LogP contribution in [0.15, 0.2) is 259 Å². The molecule has 1 aliphatic rings. The van der Waals surface area contributed by atoms with Crippen molar-refractivity contribution in [2.24, 2.45) is 0 Å². The van der Waals surface area contributed by atoms with E-state index in [0.29, 0.717) is 0 Å². The molecule has 2 heteroatoms. The second-order valence-electron chi connectivity index (χ2n) is 18.0. The molecule has 1 heterocycles. The van der Waals surface area contributed by atoms with Crippen LogP contribution < -0.4 is 4.90 Å². The molecule has 0 spiro atoms. The maximum absolute atomic E-state index is 6.52. The van der Waals surface area contributed by atoms with E-state index in [1.165, 1.54) is 55.3 Å². The van der Waals surface area contributed by atoms with Crippen LogP contribution in [0.25, 0.3) is 88.3 Å². The lowest BCUT2D eigenvalue weighted by Crippen LogP contribution is -2.22. The summed E-state index contributed by atoms with van der Waals surface area (Å²) in [6, 6.07) is 93.0. The summed E-state index contributed by atoms with van der Waals surface area (Å²) in [7, 11) is 0. The number of benzene rings is 11. The van der Waals surface area contributed by atoms with Gasteiger partial charge in [-0.05, 0) is 110 Å². The molecule has 1 aliphatic carbocycles. The standard InChI is InChI=1S/C66H45NO/c1-66(47-25-6-3-7-26-47)57-35-13-8-28-50(57)51-42-41-46(43-58(51)66)48-27-9-14-36-59(48)67(61-38-16-11-30-53(61)55-34-20-40-63-65(55)56-31-12-17-39-62(56)68-63)60-37-15-10-29-52(60)54-33-19-24-45-23-18-32-49(64(45)54)44-21-4-2-5-22-44/h2-43H,1H3. The lowest BCUT2D eigenvalue weighted by Gasteiger charge is -2.32. The average molecular weight is 868 g/mol. The number of furan rings is 1. The van der Waals surface area contributed by atoms with E-state index in [0.717, 1.165) is 66.8 Å². The number of hydrogen-bond donors (Lipinski definition) is 0. The first kappa shape index (κ1) is 39.6. The Morgan fingerprint density at radius 3 is 1.54 bits per heavy atom. The fourth-order valence-corrected chi connectivity index (χ4v) is 11.3. The van der Waals surface area contributed by atoms with Gasteiger partial charge < -0.3 is 9.32 Å². The number of hydrogen-bond acceptors (Lipinski definition) is 2. The van der Waals surface area contributed by atoms with Gasteiger partial charge in [-0.25, -0.2) is 0 Å². The van der Waals surface area contributed by atoms with Gasteiger partial charge in [0.15, 0.2) is 0 Å². The maximum atomic E-state index is 6.52. The molecule has 1 atom stereocenters. The Hall–Kier alpha value is -8.72. The van der Waals surface area contributed by atoms with Gasteiger partial charge in [0, 0.05) is 32.9 Å². The van der Waals surface area contributed by atoms with Crippen LogP contribution in [-0.2, 0) is 5.41 Å². The van der Waals surface area contributed by atoms with Gasteiger partial charge in [0.2, 0.25) is 0 Å². The van der Waals surface area contributed by atoms with Crippen molar-refractivity contribution in [2.45, 2.75) is 12.3 Å². The number of nitrogens with zero attached hydrogens (tertiary/aromatic N) is 1. The third kappa shape index (κ3) is 6.18. The fraction of sp³-hybridized carbons (Fsp3) is 0.0303. The predicted molar refractivity (Wildman–Crippen MR) is 285 cm³/mol. The normalized spacial score (nSPS) is 14.0. The summed E-state index contributed by atoms with van der Waals surface area (Å²) in [6.07, 6.45) is 0. The highest BCUT2D eigenvalue weighted by Gasteiger charge is 2.41. The molecule has 0 saturated heterocycles. The molecular formula is C66H45NO. The summed E-state index contributed by atoms with van der Waals surface area (Å²) in [5.41, 5.74) is 20.4. The van der Waals surface area contributed by atoms with Crippen molar-refractivity contribution in [3.05, 3.63) is 271 Å². The zero-order chi connectivity index (χ0) is 45.2. The Morgan fingerprint density at radius 1 is 0.324 bits per heavy atom. The first-order chi connectivity index (χ1) is 33.6. The second kappa shape index (κ2) is 16.0. The van der Waals surface area contributed by atoms with Crippen molar-refractivity contribution < 1.29 is 4.42 Å². The molecule has 0 aliphatic heterocycles. The molecule has 0 amide bonds. The Kier molecular flexibility index (Phi) is 9.33. The van der Waals surface area contributed by atoms with Crippen LogP contribution in [0.1, 0.15) is 23.6 Å². The van der Waals surface area contributed by atoms with E-state index in [1.54, 1.807) is 0 Å². The Balaban J connectivity index is 1.09. The Bertz CT molecular complexity index is 3880. The quantitative estimate of drug-likeness (QED) is 0.151. The summed E-state index contributed by atoms with van der Waals surface area (Å²) < 4.78 is 6.52. The van der Waals surface area contributed by atoms with Gasteiger partial charge in [0.25, 0.3) is 0 Å². The minimum absolute atomic E-state index is 0.339.